The van der Waals surface area contributed by atoms with Crippen LogP contribution in [-0.4, -0.2) is 31.8 Å². The van der Waals surface area contributed by atoms with Gasteiger partial charge in [-0.05, 0) is 31.2 Å². The number of ether oxygens (including phenoxy) is 1. The Hall–Kier alpha value is -0.580. The highest BCUT2D eigenvalue weighted by atomic mass is 79.9. The van der Waals surface area contributed by atoms with Crippen LogP contribution in [0, 0.1) is 0 Å². The van der Waals surface area contributed by atoms with Crippen molar-refractivity contribution < 1.29 is 4.74 Å². The summed E-state index contributed by atoms with van der Waals surface area (Å²) in [6.45, 7) is 4.48. The summed E-state index contributed by atoms with van der Waals surface area (Å²) in [6.07, 6.45) is 0.387. The molecule has 0 amide bonds. The number of hydrogen-bond donors (Lipinski definition) is 1. The second-order valence-electron chi connectivity index (χ2n) is 4.19. The van der Waals surface area contributed by atoms with E-state index < -0.39 is 0 Å². The van der Waals surface area contributed by atoms with E-state index in [2.05, 4.69) is 52.0 Å². The Balaban J connectivity index is 2.11. The van der Waals surface area contributed by atoms with Gasteiger partial charge in [-0.3, -0.25) is 0 Å². The van der Waals surface area contributed by atoms with Crippen molar-refractivity contribution in [2.24, 2.45) is 5.73 Å². The van der Waals surface area contributed by atoms with Gasteiger partial charge in [-0.25, -0.2) is 0 Å². The minimum atomic E-state index is 0.146. The van der Waals surface area contributed by atoms with Crippen LogP contribution in [0.5, 0.6) is 0 Å². The normalized spacial score (nSPS) is 25.8. The molecular formula is C12H17BrN2O. The Kier molecular flexibility index (Phi) is 3.84. The Bertz CT molecular complexity index is 341. The molecule has 4 heteroatoms. The SMILES string of the molecule is CC1CN(c2ccc(Br)cc2)CC(CN)O1. The molecule has 16 heavy (non-hydrogen) atoms. The molecule has 0 bridgehead atoms. The summed E-state index contributed by atoms with van der Waals surface area (Å²) in [7, 11) is 0. The maximum atomic E-state index is 5.73. The predicted octanol–water partition coefficient (Wildman–Crippen LogP) is 2.00. The van der Waals surface area contributed by atoms with Gasteiger partial charge in [0, 0.05) is 29.8 Å². The van der Waals surface area contributed by atoms with Gasteiger partial charge in [0.25, 0.3) is 0 Å². The standard InChI is InChI=1S/C12H17BrN2O/c1-9-7-15(8-12(6-14)16-9)11-4-2-10(13)3-5-11/h2-5,9,12H,6-8,14H2,1H3. The zero-order valence-electron chi connectivity index (χ0n) is 9.40. The Morgan fingerprint density at radius 2 is 2.06 bits per heavy atom. The number of rotatable bonds is 2. The lowest BCUT2D eigenvalue weighted by molar-refractivity contribution is -0.0104. The average Bonchev–Trinajstić information content (AvgIpc) is 2.29. The molecule has 1 aliphatic rings. The zero-order chi connectivity index (χ0) is 11.5. The molecule has 0 aromatic heterocycles. The lowest BCUT2D eigenvalue weighted by Crippen LogP contribution is -2.49. The van der Waals surface area contributed by atoms with Crippen molar-refractivity contribution in [3.8, 4) is 0 Å². The summed E-state index contributed by atoms with van der Waals surface area (Å²) in [5.41, 5.74) is 6.90. The van der Waals surface area contributed by atoms with Gasteiger partial charge < -0.3 is 15.4 Å². The van der Waals surface area contributed by atoms with Crippen LogP contribution < -0.4 is 10.6 Å². The number of anilines is 1. The van der Waals surface area contributed by atoms with Crippen LogP contribution >= 0.6 is 15.9 Å². The van der Waals surface area contributed by atoms with Gasteiger partial charge in [-0.2, -0.15) is 0 Å². The van der Waals surface area contributed by atoms with Gasteiger partial charge in [-0.1, -0.05) is 15.9 Å². The van der Waals surface area contributed by atoms with Crippen LogP contribution in [0.2, 0.25) is 0 Å². The minimum absolute atomic E-state index is 0.146. The van der Waals surface area contributed by atoms with Crippen molar-refractivity contribution in [1.29, 1.82) is 0 Å². The molecule has 0 saturated carbocycles. The number of morpholine rings is 1. The Morgan fingerprint density at radius 1 is 1.38 bits per heavy atom. The smallest absolute Gasteiger partial charge is 0.0876 e. The first kappa shape index (κ1) is 11.9. The molecule has 2 rings (SSSR count). The molecule has 2 N–H and O–H groups in total. The van der Waals surface area contributed by atoms with Crippen molar-refractivity contribution >= 4 is 21.6 Å². The van der Waals surface area contributed by atoms with Crippen LogP contribution in [0.15, 0.2) is 28.7 Å². The first-order chi connectivity index (χ1) is 7.69. The molecule has 1 aliphatic heterocycles. The molecule has 1 aromatic carbocycles. The van der Waals surface area contributed by atoms with E-state index in [1.54, 1.807) is 0 Å². The summed E-state index contributed by atoms with van der Waals surface area (Å²) in [4.78, 5) is 2.33. The average molecular weight is 285 g/mol. The Labute approximate surface area is 105 Å². The summed E-state index contributed by atoms with van der Waals surface area (Å²) >= 11 is 3.44. The summed E-state index contributed by atoms with van der Waals surface area (Å²) < 4.78 is 6.84. The number of benzene rings is 1. The third kappa shape index (κ3) is 2.75. The van der Waals surface area contributed by atoms with Crippen LogP contribution in [0.25, 0.3) is 0 Å². The molecule has 1 heterocycles. The summed E-state index contributed by atoms with van der Waals surface area (Å²) in [6, 6.07) is 8.37. The van der Waals surface area contributed by atoms with E-state index in [-0.39, 0.29) is 12.2 Å². The Morgan fingerprint density at radius 3 is 2.69 bits per heavy atom. The topological polar surface area (TPSA) is 38.5 Å². The molecule has 2 atom stereocenters. The van der Waals surface area contributed by atoms with Gasteiger partial charge in [-0.15, -0.1) is 0 Å². The molecule has 0 radical (unpaired) electrons. The van der Waals surface area contributed by atoms with Crippen molar-refractivity contribution in [2.75, 3.05) is 24.5 Å². The van der Waals surface area contributed by atoms with E-state index in [4.69, 9.17) is 10.5 Å². The zero-order valence-corrected chi connectivity index (χ0v) is 11.0. The first-order valence-electron chi connectivity index (χ1n) is 5.55. The maximum absolute atomic E-state index is 5.73. The van der Waals surface area contributed by atoms with Gasteiger partial charge >= 0.3 is 0 Å². The monoisotopic (exact) mass is 284 g/mol. The van der Waals surface area contributed by atoms with Crippen LogP contribution in [0.1, 0.15) is 6.92 Å². The second-order valence-corrected chi connectivity index (χ2v) is 5.10. The van der Waals surface area contributed by atoms with Gasteiger partial charge in [0.2, 0.25) is 0 Å². The highest BCUT2D eigenvalue weighted by molar-refractivity contribution is 9.10. The minimum Gasteiger partial charge on any atom is -0.370 e. The van der Waals surface area contributed by atoms with E-state index in [0.717, 1.165) is 17.6 Å². The fourth-order valence-corrected chi connectivity index (χ4v) is 2.30. The third-order valence-electron chi connectivity index (χ3n) is 2.78. The number of halogens is 1. The van der Waals surface area contributed by atoms with E-state index in [1.165, 1.54) is 5.69 Å². The lowest BCUT2D eigenvalue weighted by atomic mass is 10.2. The summed E-state index contributed by atoms with van der Waals surface area (Å²) in [5.74, 6) is 0. The molecule has 1 saturated heterocycles. The van der Waals surface area contributed by atoms with E-state index in [9.17, 15) is 0 Å². The second kappa shape index (κ2) is 5.17. The summed E-state index contributed by atoms with van der Waals surface area (Å²) in [5, 5.41) is 0. The number of nitrogens with two attached hydrogens (primary N) is 1. The lowest BCUT2D eigenvalue weighted by Gasteiger charge is -2.37. The highest BCUT2D eigenvalue weighted by Crippen LogP contribution is 2.22. The maximum Gasteiger partial charge on any atom is 0.0876 e. The van der Waals surface area contributed by atoms with Crippen molar-refractivity contribution in [1.82, 2.24) is 0 Å². The van der Waals surface area contributed by atoms with Gasteiger partial charge in [0.05, 0.1) is 12.2 Å². The largest absolute Gasteiger partial charge is 0.370 e. The van der Waals surface area contributed by atoms with Crippen LogP contribution in [-0.2, 0) is 4.74 Å². The van der Waals surface area contributed by atoms with Gasteiger partial charge in [0.15, 0.2) is 0 Å². The van der Waals surface area contributed by atoms with E-state index >= 15 is 0 Å². The molecule has 0 spiro atoms. The van der Waals surface area contributed by atoms with Crippen molar-refractivity contribution in [3.63, 3.8) is 0 Å². The van der Waals surface area contributed by atoms with Gasteiger partial charge in [0.1, 0.15) is 0 Å². The molecule has 2 unspecified atom stereocenters. The molecule has 1 fully saturated rings. The van der Waals surface area contributed by atoms with E-state index in [1.807, 2.05) is 0 Å². The van der Waals surface area contributed by atoms with Crippen molar-refractivity contribution in [2.45, 2.75) is 19.1 Å². The van der Waals surface area contributed by atoms with Crippen LogP contribution in [0.4, 0.5) is 5.69 Å². The highest BCUT2D eigenvalue weighted by Gasteiger charge is 2.24. The quantitative estimate of drug-likeness (QED) is 0.903. The van der Waals surface area contributed by atoms with E-state index in [0.29, 0.717) is 6.54 Å². The molecule has 3 nitrogen and oxygen atoms in total. The number of hydrogen-bond acceptors (Lipinski definition) is 3. The fraction of sp³-hybridized carbons (Fsp3) is 0.500. The fourth-order valence-electron chi connectivity index (χ4n) is 2.04. The van der Waals surface area contributed by atoms with Crippen molar-refractivity contribution in [3.05, 3.63) is 28.7 Å². The predicted molar refractivity (Wildman–Crippen MR) is 69.7 cm³/mol. The molecule has 0 aliphatic carbocycles. The number of nitrogens with zero attached hydrogens (tertiary/aromatic N) is 1. The van der Waals surface area contributed by atoms with Crippen LogP contribution in [0.3, 0.4) is 0 Å². The molecular weight excluding hydrogens is 268 g/mol. The molecule has 1 aromatic rings. The third-order valence-corrected chi connectivity index (χ3v) is 3.31. The molecule has 88 valence electrons. The first-order valence-corrected chi connectivity index (χ1v) is 6.34.